The van der Waals surface area contributed by atoms with Crippen molar-refractivity contribution in [2.24, 2.45) is 47.3 Å². The molecule has 7 atom stereocenters. The van der Waals surface area contributed by atoms with Gasteiger partial charge in [-0.05, 0) is 105 Å². The van der Waals surface area contributed by atoms with Gasteiger partial charge in [0.1, 0.15) is 18.5 Å². The molecule has 4 rings (SSSR count). The van der Waals surface area contributed by atoms with E-state index >= 15 is 8.78 Å². The molecule has 4 aliphatic rings. The summed E-state index contributed by atoms with van der Waals surface area (Å²) >= 11 is 0. The van der Waals surface area contributed by atoms with Crippen molar-refractivity contribution in [2.45, 2.75) is 161 Å². The quantitative estimate of drug-likeness (QED) is 0.256. The lowest BCUT2D eigenvalue weighted by Crippen LogP contribution is -2.45. The van der Waals surface area contributed by atoms with Gasteiger partial charge in [0.2, 0.25) is 0 Å². The van der Waals surface area contributed by atoms with Crippen molar-refractivity contribution in [2.75, 3.05) is 0 Å². The Morgan fingerprint density at radius 3 is 1.58 bits per heavy atom. The molecule has 0 aromatic rings. The van der Waals surface area contributed by atoms with Gasteiger partial charge >= 0.3 is 0 Å². The van der Waals surface area contributed by atoms with Gasteiger partial charge in [-0.1, -0.05) is 84.5 Å². The van der Waals surface area contributed by atoms with Gasteiger partial charge in [-0.15, -0.1) is 0 Å². The number of halogens is 3. The van der Waals surface area contributed by atoms with E-state index in [0.29, 0.717) is 17.8 Å². The minimum Gasteiger partial charge on any atom is -0.247 e. The Hall–Kier alpha value is -0.210. The zero-order chi connectivity index (χ0) is 25.5. The zero-order valence-electron chi connectivity index (χ0n) is 23.6. The van der Waals surface area contributed by atoms with Crippen molar-refractivity contribution < 1.29 is 13.2 Å². The highest BCUT2D eigenvalue weighted by molar-refractivity contribution is 4.95. The molecule has 0 nitrogen and oxygen atoms in total. The van der Waals surface area contributed by atoms with Crippen LogP contribution in [0.5, 0.6) is 0 Å². The molecule has 36 heavy (non-hydrogen) atoms. The van der Waals surface area contributed by atoms with Crippen LogP contribution in [0.2, 0.25) is 0 Å². The van der Waals surface area contributed by atoms with E-state index < -0.39 is 18.5 Å². The largest absolute Gasteiger partial charge is 0.247 e. The van der Waals surface area contributed by atoms with Crippen LogP contribution >= 0.6 is 0 Å². The van der Waals surface area contributed by atoms with Crippen molar-refractivity contribution in [3.05, 3.63) is 0 Å². The first-order chi connectivity index (χ1) is 17.5. The molecule has 0 N–H and O–H groups in total. The maximum absolute atomic E-state index is 15.5. The van der Waals surface area contributed by atoms with Crippen LogP contribution in [-0.2, 0) is 0 Å². The summed E-state index contributed by atoms with van der Waals surface area (Å²) in [6.07, 6.45) is 19.8. The first-order valence-electron chi connectivity index (χ1n) is 16.4. The van der Waals surface area contributed by atoms with Gasteiger partial charge in [0.15, 0.2) is 0 Å². The third kappa shape index (κ3) is 7.68. The van der Waals surface area contributed by atoms with E-state index in [9.17, 15) is 4.39 Å². The van der Waals surface area contributed by atoms with Crippen LogP contribution in [-0.4, -0.2) is 18.5 Å². The van der Waals surface area contributed by atoms with Gasteiger partial charge in [-0.3, -0.25) is 0 Å². The van der Waals surface area contributed by atoms with Crippen molar-refractivity contribution in [1.82, 2.24) is 0 Å². The summed E-state index contributed by atoms with van der Waals surface area (Å²) in [4.78, 5) is 0. The molecule has 0 saturated heterocycles. The van der Waals surface area contributed by atoms with E-state index in [-0.39, 0.29) is 17.8 Å². The Labute approximate surface area is 221 Å². The Morgan fingerprint density at radius 1 is 0.556 bits per heavy atom. The van der Waals surface area contributed by atoms with Crippen LogP contribution in [0.4, 0.5) is 13.2 Å². The molecule has 4 saturated carbocycles. The van der Waals surface area contributed by atoms with Crippen LogP contribution in [0.25, 0.3) is 0 Å². The fourth-order valence-corrected chi connectivity index (χ4v) is 9.03. The monoisotopic (exact) mass is 510 g/mol. The van der Waals surface area contributed by atoms with E-state index in [0.717, 1.165) is 76.0 Å². The molecule has 0 radical (unpaired) electrons. The summed E-state index contributed by atoms with van der Waals surface area (Å²) in [5.74, 6) is 3.16. The lowest BCUT2D eigenvalue weighted by molar-refractivity contribution is -0.0371. The second-order valence-electron chi connectivity index (χ2n) is 14.0. The van der Waals surface area contributed by atoms with E-state index in [1.54, 1.807) is 0 Å². The van der Waals surface area contributed by atoms with Crippen LogP contribution in [0.15, 0.2) is 0 Å². The second-order valence-corrected chi connectivity index (χ2v) is 14.0. The maximum Gasteiger partial charge on any atom is 0.134 e. The third-order valence-corrected chi connectivity index (χ3v) is 11.5. The predicted molar refractivity (Wildman–Crippen MR) is 146 cm³/mol. The molecular formula is C33H57F3. The minimum absolute atomic E-state index is 0.0220. The number of alkyl halides is 3. The Bertz CT molecular complexity index is 606. The van der Waals surface area contributed by atoms with Gasteiger partial charge in [0, 0.05) is 0 Å². The average molecular weight is 511 g/mol. The number of hydrogen-bond donors (Lipinski definition) is 0. The molecule has 4 aliphatic carbocycles. The van der Waals surface area contributed by atoms with Crippen LogP contribution < -0.4 is 0 Å². The van der Waals surface area contributed by atoms with Crippen molar-refractivity contribution >= 4 is 0 Å². The van der Waals surface area contributed by atoms with Crippen molar-refractivity contribution in [3.63, 3.8) is 0 Å². The topological polar surface area (TPSA) is 0 Å². The third-order valence-electron chi connectivity index (χ3n) is 11.5. The fraction of sp³-hybridized carbons (Fsp3) is 1.00. The first-order valence-corrected chi connectivity index (χ1v) is 16.4. The molecular weight excluding hydrogens is 453 g/mol. The van der Waals surface area contributed by atoms with E-state index in [4.69, 9.17) is 0 Å². The van der Waals surface area contributed by atoms with E-state index in [1.165, 1.54) is 64.2 Å². The molecule has 0 spiro atoms. The molecule has 5 unspecified atom stereocenters. The highest BCUT2D eigenvalue weighted by Gasteiger charge is 2.46. The highest BCUT2D eigenvalue weighted by Crippen LogP contribution is 2.49. The van der Waals surface area contributed by atoms with Gasteiger partial charge in [-0.2, -0.15) is 0 Å². The lowest BCUT2D eigenvalue weighted by atomic mass is 9.63. The van der Waals surface area contributed by atoms with Gasteiger partial charge in [0.05, 0.1) is 0 Å². The Morgan fingerprint density at radius 2 is 1.08 bits per heavy atom. The predicted octanol–water partition coefficient (Wildman–Crippen LogP) is 10.8. The number of unbranched alkanes of at least 4 members (excludes halogenated alkanes) is 2. The molecule has 0 aliphatic heterocycles. The van der Waals surface area contributed by atoms with E-state index in [1.807, 2.05) is 0 Å². The number of hydrogen-bond acceptors (Lipinski definition) is 0. The van der Waals surface area contributed by atoms with Crippen molar-refractivity contribution in [1.29, 1.82) is 0 Å². The highest BCUT2D eigenvalue weighted by atomic mass is 19.2. The summed E-state index contributed by atoms with van der Waals surface area (Å²) in [7, 11) is 0. The summed E-state index contributed by atoms with van der Waals surface area (Å²) in [6.45, 7) is 4.44. The molecule has 210 valence electrons. The summed E-state index contributed by atoms with van der Waals surface area (Å²) in [6, 6.07) is 0. The van der Waals surface area contributed by atoms with Gasteiger partial charge in [-0.25, -0.2) is 13.2 Å². The SMILES string of the molecule is CCCCCC1CCC(C2CC[C@H](C3CCC(CCCC4CCC(C)CC4F)CC3)[C@H](F)C2F)CC1. The van der Waals surface area contributed by atoms with Crippen LogP contribution in [0.1, 0.15) is 142 Å². The standard InChI is InChI=1S/C33H57F3/c1-3-4-5-7-24-11-16-26(17-12-24)29-20-21-30(33(36)32(29)35)27-18-13-25(14-19-27)8-6-9-28-15-10-23(2)22-31(28)34/h23-33H,3-22H2,1-2H3/t23?,24?,25?,26?,27?,28?,29?,30-,31?,32?,33+/m1/s1. The smallest absolute Gasteiger partial charge is 0.134 e. The van der Waals surface area contributed by atoms with Crippen LogP contribution in [0.3, 0.4) is 0 Å². The fourth-order valence-electron chi connectivity index (χ4n) is 9.03. The minimum atomic E-state index is -1.23. The second kappa shape index (κ2) is 14.3. The molecule has 0 aromatic heterocycles. The summed E-state index contributed by atoms with van der Waals surface area (Å²) in [5.41, 5.74) is 0. The molecule has 0 bridgehead atoms. The Kier molecular flexibility index (Phi) is 11.4. The summed E-state index contributed by atoms with van der Waals surface area (Å²) in [5, 5.41) is 0. The molecule has 0 amide bonds. The van der Waals surface area contributed by atoms with Gasteiger partial charge < -0.3 is 0 Å². The molecule has 4 fully saturated rings. The van der Waals surface area contributed by atoms with Crippen molar-refractivity contribution in [3.8, 4) is 0 Å². The number of rotatable bonds is 10. The molecule has 0 aromatic carbocycles. The lowest BCUT2D eigenvalue weighted by Gasteiger charge is -2.44. The first kappa shape index (κ1) is 28.8. The van der Waals surface area contributed by atoms with Gasteiger partial charge in [0.25, 0.3) is 0 Å². The summed E-state index contributed by atoms with van der Waals surface area (Å²) < 4.78 is 45.3. The van der Waals surface area contributed by atoms with Crippen LogP contribution in [0, 0.1) is 47.3 Å². The maximum atomic E-state index is 15.5. The average Bonchev–Trinajstić information content (AvgIpc) is 2.88. The zero-order valence-corrected chi connectivity index (χ0v) is 23.6. The van der Waals surface area contributed by atoms with E-state index in [2.05, 4.69) is 13.8 Å². The molecule has 3 heteroatoms. The Balaban J connectivity index is 1.14. The normalized spacial score (nSPS) is 44.4. The molecule has 0 heterocycles.